The number of carbonyl (C=O) groups excluding carboxylic acids is 1. The first-order valence-electron chi connectivity index (χ1n) is 7.69. The van der Waals surface area contributed by atoms with Crippen molar-refractivity contribution in [2.45, 2.75) is 20.4 Å². The van der Waals surface area contributed by atoms with Crippen LogP contribution in [0.4, 0.5) is 0 Å². The van der Waals surface area contributed by atoms with Gasteiger partial charge in [0.25, 0.3) is 0 Å². The Labute approximate surface area is 134 Å². The normalized spacial score (nSPS) is 12.1. The predicted octanol–water partition coefficient (Wildman–Crippen LogP) is 3.19. The quantitative estimate of drug-likeness (QED) is 0.534. The Hall–Kier alpha value is -2.82. The highest BCUT2D eigenvalue weighted by Crippen LogP contribution is 2.31. The Bertz CT molecular complexity index is 905. The highest BCUT2D eigenvalue weighted by atomic mass is 16.5. The van der Waals surface area contributed by atoms with Crippen molar-refractivity contribution in [3.63, 3.8) is 0 Å². The molecule has 0 fully saturated rings. The van der Waals surface area contributed by atoms with Crippen LogP contribution in [0.15, 0.2) is 42.7 Å². The third kappa shape index (κ3) is 2.16. The van der Waals surface area contributed by atoms with E-state index in [1.165, 1.54) is 11.1 Å². The second-order valence-corrected chi connectivity index (χ2v) is 5.69. The monoisotopic (exact) mass is 307 g/mol. The number of nitrogens with zero attached hydrogens (tertiary/aromatic N) is 3. The van der Waals surface area contributed by atoms with Crippen LogP contribution >= 0.6 is 0 Å². The maximum atomic E-state index is 12.1. The van der Waals surface area contributed by atoms with Crippen molar-refractivity contribution < 1.29 is 9.53 Å². The van der Waals surface area contributed by atoms with E-state index in [2.05, 4.69) is 34.7 Å². The van der Waals surface area contributed by atoms with E-state index in [1.807, 2.05) is 22.9 Å². The molecule has 0 spiro atoms. The van der Waals surface area contributed by atoms with Gasteiger partial charge < -0.3 is 9.30 Å². The van der Waals surface area contributed by atoms with Gasteiger partial charge >= 0.3 is 5.97 Å². The van der Waals surface area contributed by atoms with Crippen LogP contribution in [0.1, 0.15) is 28.5 Å². The Morgan fingerprint density at radius 3 is 3.04 bits per heavy atom. The minimum Gasteiger partial charge on any atom is -0.461 e. The van der Waals surface area contributed by atoms with Gasteiger partial charge in [-0.1, -0.05) is 17.7 Å². The average Bonchev–Trinajstić information content (AvgIpc) is 3.12. The van der Waals surface area contributed by atoms with Crippen molar-refractivity contribution in [1.29, 1.82) is 0 Å². The molecule has 0 N–H and O–H groups in total. The van der Waals surface area contributed by atoms with Crippen LogP contribution in [0, 0.1) is 6.92 Å². The van der Waals surface area contributed by atoms with Gasteiger partial charge in [0.1, 0.15) is 0 Å². The number of hydrogen-bond acceptors (Lipinski definition) is 3. The van der Waals surface area contributed by atoms with Crippen LogP contribution in [0.25, 0.3) is 17.2 Å². The number of hydrogen-bond donors (Lipinski definition) is 0. The van der Waals surface area contributed by atoms with E-state index in [4.69, 9.17) is 4.74 Å². The molecule has 5 heteroatoms. The van der Waals surface area contributed by atoms with E-state index in [1.54, 1.807) is 13.1 Å². The van der Waals surface area contributed by atoms with E-state index in [0.717, 1.165) is 23.8 Å². The van der Waals surface area contributed by atoms with E-state index in [0.29, 0.717) is 12.3 Å². The van der Waals surface area contributed by atoms with Crippen molar-refractivity contribution in [2.75, 3.05) is 6.61 Å². The molecule has 2 aromatic heterocycles. The summed E-state index contributed by atoms with van der Waals surface area (Å²) in [4.78, 5) is 16.6. The zero-order chi connectivity index (χ0) is 16.0. The highest BCUT2D eigenvalue weighted by Gasteiger charge is 2.23. The van der Waals surface area contributed by atoms with E-state index < -0.39 is 0 Å². The largest absolute Gasteiger partial charge is 0.461 e. The van der Waals surface area contributed by atoms with E-state index in [-0.39, 0.29) is 5.97 Å². The maximum Gasteiger partial charge on any atom is 0.358 e. The first kappa shape index (κ1) is 13.8. The lowest BCUT2D eigenvalue weighted by Crippen LogP contribution is -2.05. The highest BCUT2D eigenvalue weighted by molar-refractivity contribution is 5.88. The predicted molar refractivity (Wildman–Crippen MR) is 86.8 cm³/mol. The van der Waals surface area contributed by atoms with Crippen LogP contribution in [-0.4, -0.2) is 26.7 Å². The summed E-state index contributed by atoms with van der Waals surface area (Å²) >= 11 is 0. The average molecular weight is 307 g/mol. The molecule has 23 heavy (non-hydrogen) atoms. The summed E-state index contributed by atoms with van der Waals surface area (Å²) in [7, 11) is 0. The summed E-state index contributed by atoms with van der Waals surface area (Å²) in [5.41, 5.74) is 4.80. The van der Waals surface area contributed by atoms with Gasteiger partial charge in [0, 0.05) is 18.9 Å². The fraction of sp³-hybridized carbons (Fsp3) is 0.222. The van der Waals surface area contributed by atoms with Crippen LogP contribution < -0.4 is 0 Å². The SMILES string of the molecule is CCOC(=O)c1cn2c(n1)-c1cccn1Cc1cc(C)ccc1-2. The molecular formula is C18H17N3O2. The van der Waals surface area contributed by atoms with E-state index >= 15 is 0 Å². The molecule has 1 aliphatic heterocycles. The molecule has 116 valence electrons. The molecule has 1 aromatic carbocycles. The Kier molecular flexibility index (Phi) is 3.08. The standard InChI is InChI=1S/C18H17N3O2/c1-3-23-18(22)14-11-21-15-7-6-12(2)9-13(15)10-20-8-4-5-16(20)17(21)19-14/h4-9,11H,3,10H2,1-2H3. The number of esters is 1. The lowest BCUT2D eigenvalue weighted by Gasteiger charge is -2.09. The number of benzene rings is 1. The molecule has 3 aromatic rings. The van der Waals surface area contributed by atoms with Gasteiger partial charge in [-0.15, -0.1) is 0 Å². The van der Waals surface area contributed by atoms with Crippen LogP contribution in [0.3, 0.4) is 0 Å². The number of fused-ring (bicyclic) bond motifs is 5. The Morgan fingerprint density at radius 2 is 2.22 bits per heavy atom. The number of aryl methyl sites for hydroxylation is 1. The summed E-state index contributed by atoms with van der Waals surface area (Å²) in [6, 6.07) is 10.4. The van der Waals surface area contributed by atoms with Gasteiger partial charge in [-0.05, 0) is 37.6 Å². The van der Waals surface area contributed by atoms with Crippen molar-refractivity contribution in [2.24, 2.45) is 0 Å². The zero-order valence-electron chi connectivity index (χ0n) is 13.1. The molecule has 0 amide bonds. The molecule has 0 atom stereocenters. The first-order chi connectivity index (χ1) is 11.2. The number of aromatic nitrogens is 3. The summed E-state index contributed by atoms with van der Waals surface area (Å²) in [6.45, 7) is 5.01. The number of imidazole rings is 1. The molecule has 1 aliphatic rings. The second-order valence-electron chi connectivity index (χ2n) is 5.69. The summed E-state index contributed by atoms with van der Waals surface area (Å²) < 4.78 is 9.23. The Balaban J connectivity index is 1.96. The lowest BCUT2D eigenvalue weighted by atomic mass is 10.1. The smallest absolute Gasteiger partial charge is 0.358 e. The van der Waals surface area contributed by atoms with Gasteiger partial charge in [0.2, 0.25) is 0 Å². The molecule has 4 rings (SSSR count). The number of ether oxygens (including phenoxy) is 1. The number of rotatable bonds is 2. The third-order valence-corrected chi connectivity index (χ3v) is 4.08. The molecule has 3 heterocycles. The molecule has 0 aliphatic carbocycles. The van der Waals surface area contributed by atoms with Crippen molar-refractivity contribution in [3.05, 3.63) is 59.5 Å². The van der Waals surface area contributed by atoms with E-state index in [9.17, 15) is 4.79 Å². The fourth-order valence-electron chi connectivity index (χ4n) is 3.06. The van der Waals surface area contributed by atoms with Crippen LogP contribution in [0.5, 0.6) is 0 Å². The molecular weight excluding hydrogens is 290 g/mol. The molecule has 0 bridgehead atoms. The molecule has 0 unspecified atom stereocenters. The van der Waals surface area contributed by atoms with Gasteiger partial charge in [0.15, 0.2) is 11.5 Å². The minimum absolute atomic E-state index is 0.336. The minimum atomic E-state index is -0.389. The fourth-order valence-corrected chi connectivity index (χ4v) is 3.06. The topological polar surface area (TPSA) is 49.1 Å². The van der Waals surface area contributed by atoms with Gasteiger partial charge in [-0.2, -0.15) is 0 Å². The summed E-state index contributed by atoms with van der Waals surface area (Å²) in [5, 5.41) is 0. The Morgan fingerprint density at radius 1 is 1.35 bits per heavy atom. The summed E-state index contributed by atoms with van der Waals surface area (Å²) in [6.07, 6.45) is 3.81. The van der Waals surface area contributed by atoms with Gasteiger partial charge in [0.05, 0.1) is 18.0 Å². The molecule has 5 nitrogen and oxygen atoms in total. The second kappa shape index (κ2) is 5.12. The van der Waals surface area contributed by atoms with Crippen molar-refractivity contribution in [1.82, 2.24) is 14.1 Å². The molecule has 0 saturated carbocycles. The van der Waals surface area contributed by atoms with Crippen molar-refractivity contribution >= 4 is 5.97 Å². The van der Waals surface area contributed by atoms with Crippen LogP contribution in [0.2, 0.25) is 0 Å². The third-order valence-electron chi connectivity index (χ3n) is 4.08. The zero-order valence-corrected chi connectivity index (χ0v) is 13.1. The van der Waals surface area contributed by atoms with Gasteiger partial charge in [-0.3, -0.25) is 4.57 Å². The molecule has 0 saturated heterocycles. The first-order valence-corrected chi connectivity index (χ1v) is 7.69. The van der Waals surface area contributed by atoms with Crippen molar-refractivity contribution in [3.8, 4) is 17.2 Å². The lowest BCUT2D eigenvalue weighted by molar-refractivity contribution is 0.0520. The van der Waals surface area contributed by atoms with Gasteiger partial charge in [-0.25, -0.2) is 9.78 Å². The molecule has 0 radical (unpaired) electrons. The summed E-state index contributed by atoms with van der Waals surface area (Å²) in [5.74, 6) is 0.375. The number of carbonyl (C=O) groups is 1. The van der Waals surface area contributed by atoms with Crippen LogP contribution in [-0.2, 0) is 11.3 Å². The maximum absolute atomic E-state index is 12.1.